The Balaban J connectivity index is 0.00000194. The number of nitrogens with one attached hydrogen (secondary N) is 1. The molecule has 0 spiro atoms. The van der Waals surface area contributed by atoms with Gasteiger partial charge in [-0.3, -0.25) is 9.69 Å². The zero-order chi connectivity index (χ0) is 26.8. The molecule has 2 aromatic rings. The Morgan fingerprint density at radius 1 is 1.12 bits per heavy atom. The Morgan fingerprint density at radius 2 is 1.95 bits per heavy atom. The number of thiocarbonyl (C=S) groups is 1. The first kappa shape index (κ1) is 32.4. The number of hydrogen-bond acceptors (Lipinski definition) is 7. The molecule has 10 heteroatoms. The minimum Gasteiger partial charge on any atom is -0.497 e. The number of rotatable bonds is 10. The molecule has 2 bridgehead atoms. The largest absolute Gasteiger partial charge is 0.497 e. The quantitative estimate of drug-likeness (QED) is 0.174. The van der Waals surface area contributed by atoms with Crippen LogP contribution in [0.1, 0.15) is 56.3 Å². The van der Waals surface area contributed by atoms with Gasteiger partial charge in [0.05, 0.1) is 12.0 Å². The second-order valence-electron chi connectivity index (χ2n) is 11.4. The molecule has 4 aliphatic rings. The fourth-order valence-electron chi connectivity index (χ4n) is 6.85. The number of ether oxygens (including phenoxy) is 1. The van der Waals surface area contributed by atoms with Gasteiger partial charge in [-0.2, -0.15) is 0 Å². The molecule has 3 unspecified atom stereocenters. The Kier molecular flexibility index (Phi) is 11.6. The topological polar surface area (TPSA) is 58.0 Å². The summed E-state index contributed by atoms with van der Waals surface area (Å²) in [5.41, 5.74) is 2.13. The van der Waals surface area contributed by atoms with Crippen LogP contribution < -0.4 is 10.1 Å². The summed E-state index contributed by atoms with van der Waals surface area (Å²) in [6.07, 6.45) is 11.2. The number of amides is 1. The zero-order valence-electron chi connectivity index (χ0n) is 23.6. The monoisotopic (exact) mass is 637 g/mol. The molecule has 4 fully saturated rings. The molecule has 2 saturated heterocycles. The maximum Gasteiger partial charge on any atom is 0.266 e. The zero-order valence-corrected chi connectivity index (χ0v) is 26.9. The predicted octanol–water partition coefficient (Wildman–Crippen LogP) is 6.81. The lowest BCUT2D eigenvalue weighted by Crippen LogP contribution is -2.43. The van der Waals surface area contributed by atoms with Crippen LogP contribution in [0.2, 0.25) is 0 Å². The predicted molar refractivity (Wildman–Crippen MR) is 176 cm³/mol. The summed E-state index contributed by atoms with van der Waals surface area (Å²) in [4.78, 5) is 18.8. The molecule has 2 saturated carbocycles. The van der Waals surface area contributed by atoms with Gasteiger partial charge in [0.2, 0.25) is 0 Å². The van der Waals surface area contributed by atoms with Crippen molar-refractivity contribution in [3.05, 3.63) is 46.6 Å². The van der Waals surface area contributed by atoms with Gasteiger partial charge in [0, 0.05) is 43.9 Å². The molecule has 41 heavy (non-hydrogen) atoms. The lowest BCUT2D eigenvalue weighted by Gasteiger charge is -2.30. The van der Waals surface area contributed by atoms with Crippen molar-refractivity contribution in [1.82, 2.24) is 15.1 Å². The maximum atomic E-state index is 13.6. The van der Waals surface area contributed by atoms with Crippen molar-refractivity contribution >= 4 is 65.1 Å². The van der Waals surface area contributed by atoms with E-state index in [0.29, 0.717) is 15.1 Å². The minimum atomic E-state index is 0. The van der Waals surface area contributed by atoms with Crippen LogP contribution in [0.15, 0.2) is 39.7 Å². The Bertz CT molecular complexity index is 1250. The Hall–Kier alpha value is -1.55. The molecule has 6 rings (SSSR count). The smallest absolute Gasteiger partial charge is 0.266 e. The summed E-state index contributed by atoms with van der Waals surface area (Å²) >= 11 is 7.17. The van der Waals surface area contributed by atoms with E-state index in [9.17, 15) is 4.79 Å². The van der Waals surface area contributed by atoms with E-state index in [2.05, 4.69) is 16.3 Å². The molecule has 1 aromatic heterocycles. The van der Waals surface area contributed by atoms with Crippen LogP contribution >= 0.6 is 48.8 Å². The highest BCUT2D eigenvalue weighted by molar-refractivity contribution is 8.26. The molecule has 1 amide bonds. The van der Waals surface area contributed by atoms with E-state index >= 15 is 0 Å². The third-order valence-electron chi connectivity index (χ3n) is 8.94. The number of thioether (sulfide) groups is 1. The van der Waals surface area contributed by atoms with Gasteiger partial charge < -0.3 is 19.4 Å². The van der Waals surface area contributed by atoms with Crippen molar-refractivity contribution in [3.8, 4) is 17.1 Å². The highest BCUT2D eigenvalue weighted by Gasteiger charge is 2.48. The van der Waals surface area contributed by atoms with Gasteiger partial charge >= 0.3 is 0 Å². The van der Waals surface area contributed by atoms with E-state index in [4.69, 9.17) is 21.4 Å². The molecule has 3 heterocycles. The van der Waals surface area contributed by atoms with Crippen molar-refractivity contribution < 1.29 is 13.9 Å². The van der Waals surface area contributed by atoms with Crippen LogP contribution in [0, 0.1) is 11.8 Å². The molecule has 0 radical (unpaired) electrons. The van der Waals surface area contributed by atoms with Crippen molar-refractivity contribution in [2.75, 3.05) is 39.8 Å². The number of nitrogens with zero attached hydrogens (tertiary/aromatic N) is 2. The van der Waals surface area contributed by atoms with Crippen LogP contribution in [-0.4, -0.2) is 65.9 Å². The van der Waals surface area contributed by atoms with Crippen LogP contribution in [0.4, 0.5) is 0 Å². The van der Waals surface area contributed by atoms with E-state index in [1.165, 1.54) is 50.4 Å². The van der Waals surface area contributed by atoms with Gasteiger partial charge in [-0.05, 0) is 80.7 Å². The molecular formula is C31H41Cl2N3O3S2. The van der Waals surface area contributed by atoms with E-state index in [1.54, 1.807) is 7.11 Å². The molecule has 2 aliphatic heterocycles. The summed E-state index contributed by atoms with van der Waals surface area (Å²) in [6.45, 7) is 5.66. The first-order valence-corrected chi connectivity index (χ1v) is 15.8. The number of benzene rings is 1. The normalized spacial score (nSPS) is 25.0. The third kappa shape index (κ3) is 7.34. The van der Waals surface area contributed by atoms with Crippen LogP contribution in [0.3, 0.4) is 0 Å². The molecule has 2 aliphatic carbocycles. The summed E-state index contributed by atoms with van der Waals surface area (Å²) in [5.74, 6) is 3.82. The minimum absolute atomic E-state index is 0. The second kappa shape index (κ2) is 14.8. The van der Waals surface area contributed by atoms with E-state index in [-0.39, 0.29) is 36.8 Å². The molecule has 1 N–H and O–H groups in total. The van der Waals surface area contributed by atoms with Crippen LogP contribution in [-0.2, 0) is 11.2 Å². The number of aryl methyl sites for hydroxylation is 1. The van der Waals surface area contributed by atoms with Gasteiger partial charge in [0.15, 0.2) is 0 Å². The number of fused-ring (bicyclic) bond motifs is 2. The summed E-state index contributed by atoms with van der Waals surface area (Å²) in [7, 11) is 1.68. The molecule has 224 valence electrons. The second-order valence-corrected chi connectivity index (χ2v) is 13.1. The number of unbranched alkanes of at least 4 members (excludes halogenated alkanes) is 2. The Morgan fingerprint density at radius 3 is 2.68 bits per heavy atom. The Labute approximate surface area is 265 Å². The average Bonchev–Trinajstić information content (AvgIpc) is 3.74. The highest BCUT2D eigenvalue weighted by Crippen LogP contribution is 2.49. The number of piperazine rings is 1. The first-order chi connectivity index (χ1) is 19.1. The van der Waals surface area contributed by atoms with Crippen molar-refractivity contribution in [2.24, 2.45) is 11.8 Å². The number of halogens is 2. The lowest BCUT2D eigenvalue weighted by atomic mass is 9.94. The van der Waals surface area contributed by atoms with Crippen molar-refractivity contribution in [1.29, 1.82) is 0 Å². The SMILES string of the molecule is COc1cccc(-c2cc(CCCCCN3CCNCC3)c(/C=C3/SC(=S)N(C4CC5CCC4C5)C3=O)o2)c1.Cl.Cl. The van der Waals surface area contributed by atoms with Gasteiger partial charge in [-0.15, -0.1) is 24.8 Å². The number of carbonyl (C=O) groups is 1. The van der Waals surface area contributed by atoms with Gasteiger partial charge in [-0.1, -0.05) is 49.0 Å². The van der Waals surface area contributed by atoms with E-state index in [1.807, 2.05) is 35.2 Å². The molecular weight excluding hydrogens is 597 g/mol. The van der Waals surface area contributed by atoms with Crippen molar-refractivity contribution in [2.45, 2.75) is 57.4 Å². The van der Waals surface area contributed by atoms with Crippen molar-refractivity contribution in [3.63, 3.8) is 0 Å². The number of methoxy groups -OCH3 is 1. The molecule has 6 nitrogen and oxygen atoms in total. The van der Waals surface area contributed by atoms with Gasteiger partial charge in [0.1, 0.15) is 21.6 Å². The van der Waals surface area contributed by atoms with Crippen LogP contribution in [0.25, 0.3) is 17.4 Å². The summed E-state index contributed by atoms with van der Waals surface area (Å²) < 4.78 is 12.6. The van der Waals surface area contributed by atoms with Crippen LogP contribution in [0.5, 0.6) is 5.75 Å². The summed E-state index contributed by atoms with van der Waals surface area (Å²) in [6, 6.07) is 10.4. The third-order valence-corrected chi connectivity index (χ3v) is 10.3. The number of carbonyl (C=O) groups excluding carboxylic acids is 1. The fraction of sp³-hybridized carbons (Fsp3) is 0.548. The van der Waals surface area contributed by atoms with E-state index in [0.717, 1.165) is 79.8 Å². The maximum absolute atomic E-state index is 13.6. The van der Waals surface area contributed by atoms with Gasteiger partial charge in [-0.25, -0.2) is 0 Å². The average molecular weight is 639 g/mol. The lowest BCUT2D eigenvalue weighted by molar-refractivity contribution is -0.124. The number of hydrogen-bond donors (Lipinski definition) is 1. The standard InChI is InChI=1S/C31H39N3O3S2.2ClH/c1-36-25-8-5-7-23(18-25)27-19-24(6-3-2-4-13-33-14-11-32-12-15-33)28(37-27)20-29-30(35)34(31(38)39-29)26-17-21-9-10-22(26)16-21;;/h5,7-8,18-22,26,32H,2-4,6,9-17H2,1H3;2*1H/b29-20+;;. The molecule has 3 atom stereocenters. The van der Waals surface area contributed by atoms with E-state index < -0.39 is 0 Å². The number of furan rings is 1. The summed E-state index contributed by atoms with van der Waals surface area (Å²) in [5, 5.41) is 3.43. The first-order valence-electron chi connectivity index (χ1n) is 14.6. The highest BCUT2D eigenvalue weighted by atomic mass is 35.5. The fourth-order valence-corrected chi connectivity index (χ4v) is 8.20. The van der Waals surface area contributed by atoms with Gasteiger partial charge in [0.25, 0.3) is 5.91 Å². The molecule has 1 aromatic carbocycles.